The van der Waals surface area contributed by atoms with Crippen LogP contribution in [0.4, 0.5) is 11.4 Å². The van der Waals surface area contributed by atoms with Crippen molar-refractivity contribution < 1.29 is 14.3 Å². The van der Waals surface area contributed by atoms with Gasteiger partial charge in [0.05, 0.1) is 23.5 Å². The van der Waals surface area contributed by atoms with Crippen LogP contribution in [0, 0.1) is 0 Å². The van der Waals surface area contributed by atoms with E-state index in [2.05, 4.69) is 17.2 Å². The van der Waals surface area contributed by atoms with Gasteiger partial charge in [-0.2, -0.15) is 10.2 Å². The first-order chi connectivity index (χ1) is 15.7. The van der Waals surface area contributed by atoms with Crippen LogP contribution in [0.2, 0.25) is 0 Å². The van der Waals surface area contributed by atoms with Crippen molar-refractivity contribution in [2.75, 3.05) is 6.61 Å². The Bertz CT molecular complexity index is 968. The van der Waals surface area contributed by atoms with Gasteiger partial charge >= 0.3 is 5.97 Å². The van der Waals surface area contributed by atoms with Crippen LogP contribution in [-0.4, -0.2) is 12.6 Å². The van der Waals surface area contributed by atoms with Crippen LogP contribution in [0.5, 0.6) is 11.5 Å². The van der Waals surface area contributed by atoms with E-state index >= 15 is 0 Å². The van der Waals surface area contributed by atoms with Crippen molar-refractivity contribution in [2.24, 2.45) is 10.2 Å². The minimum absolute atomic E-state index is 0.406. The molecule has 3 aromatic carbocycles. The smallest absolute Gasteiger partial charge is 0.343 e. The first kappa shape index (κ1) is 23.2. The number of para-hydroxylation sites is 1. The van der Waals surface area contributed by atoms with Gasteiger partial charge in [-0.25, -0.2) is 4.79 Å². The maximum Gasteiger partial charge on any atom is 0.343 e. The minimum atomic E-state index is -0.406. The Kier molecular flexibility index (Phi) is 9.46. The average molecular weight is 431 g/mol. The largest absolute Gasteiger partial charge is 0.494 e. The molecular formula is C27H30N2O3. The Balaban J connectivity index is 1.44. The first-order valence-corrected chi connectivity index (χ1v) is 11.3. The molecule has 166 valence electrons. The maximum atomic E-state index is 12.2. The molecule has 0 aliphatic rings. The molecule has 0 radical (unpaired) electrons. The summed E-state index contributed by atoms with van der Waals surface area (Å²) in [7, 11) is 0. The van der Waals surface area contributed by atoms with Crippen molar-refractivity contribution in [2.45, 2.75) is 45.4 Å². The zero-order valence-electron chi connectivity index (χ0n) is 18.6. The van der Waals surface area contributed by atoms with E-state index in [1.807, 2.05) is 42.5 Å². The zero-order chi connectivity index (χ0) is 22.4. The molecular weight excluding hydrogens is 400 g/mol. The van der Waals surface area contributed by atoms with Crippen LogP contribution in [0.15, 0.2) is 89.1 Å². The summed E-state index contributed by atoms with van der Waals surface area (Å²) in [5.41, 5.74) is 1.86. The lowest BCUT2D eigenvalue weighted by atomic mass is 10.1. The number of hydrogen-bond acceptors (Lipinski definition) is 5. The van der Waals surface area contributed by atoms with Crippen LogP contribution in [0.1, 0.15) is 55.8 Å². The Morgan fingerprint density at radius 3 is 1.94 bits per heavy atom. The van der Waals surface area contributed by atoms with Gasteiger partial charge in [0.15, 0.2) is 0 Å². The standard InChI is InChI=1S/C27H30N2O3/c1-2-3-4-5-6-10-21-31-25-19-17-24(18-20-25)29-28-23-15-13-22(14-16-23)27(30)32-26-11-8-7-9-12-26/h7-9,11-20H,2-6,10,21H2,1H3. The number of benzene rings is 3. The Labute approximate surface area is 190 Å². The third kappa shape index (κ3) is 7.99. The summed E-state index contributed by atoms with van der Waals surface area (Å²) in [5.74, 6) is 0.954. The fourth-order valence-corrected chi connectivity index (χ4v) is 3.12. The SMILES string of the molecule is CCCCCCCCOc1ccc(N=Nc2ccc(C(=O)Oc3ccccc3)cc2)cc1. The van der Waals surface area contributed by atoms with Gasteiger partial charge in [-0.15, -0.1) is 0 Å². The van der Waals surface area contributed by atoms with Gasteiger partial charge in [0, 0.05) is 0 Å². The first-order valence-electron chi connectivity index (χ1n) is 11.3. The molecule has 3 aromatic rings. The van der Waals surface area contributed by atoms with Gasteiger partial charge in [0.1, 0.15) is 11.5 Å². The van der Waals surface area contributed by atoms with E-state index in [9.17, 15) is 4.79 Å². The van der Waals surface area contributed by atoms with Crippen LogP contribution < -0.4 is 9.47 Å². The number of carbonyl (C=O) groups is 1. The molecule has 5 nitrogen and oxygen atoms in total. The highest BCUT2D eigenvalue weighted by Gasteiger charge is 2.08. The van der Waals surface area contributed by atoms with Crippen molar-refractivity contribution in [1.82, 2.24) is 0 Å². The van der Waals surface area contributed by atoms with Gasteiger partial charge in [0.25, 0.3) is 0 Å². The van der Waals surface area contributed by atoms with E-state index in [4.69, 9.17) is 9.47 Å². The molecule has 0 N–H and O–H groups in total. The van der Waals surface area contributed by atoms with Crippen LogP contribution >= 0.6 is 0 Å². The third-order valence-electron chi connectivity index (χ3n) is 4.94. The maximum absolute atomic E-state index is 12.2. The van der Waals surface area contributed by atoms with Gasteiger partial charge < -0.3 is 9.47 Å². The topological polar surface area (TPSA) is 60.2 Å². The number of esters is 1. The minimum Gasteiger partial charge on any atom is -0.494 e. The average Bonchev–Trinajstić information content (AvgIpc) is 2.84. The second-order valence-corrected chi connectivity index (χ2v) is 7.56. The van der Waals surface area contributed by atoms with E-state index in [0.29, 0.717) is 17.0 Å². The molecule has 0 spiro atoms. The molecule has 0 unspecified atom stereocenters. The van der Waals surface area contributed by atoms with E-state index in [1.165, 1.54) is 32.1 Å². The zero-order valence-corrected chi connectivity index (χ0v) is 18.6. The number of azo groups is 1. The molecule has 5 heteroatoms. The summed E-state index contributed by atoms with van der Waals surface area (Å²) in [4.78, 5) is 12.2. The number of hydrogen-bond donors (Lipinski definition) is 0. The number of unbranched alkanes of at least 4 members (excludes halogenated alkanes) is 5. The number of ether oxygens (including phenoxy) is 2. The quantitative estimate of drug-likeness (QED) is 0.126. The molecule has 0 amide bonds. The Morgan fingerprint density at radius 2 is 1.28 bits per heavy atom. The van der Waals surface area contributed by atoms with Gasteiger partial charge in [0.2, 0.25) is 0 Å². The van der Waals surface area contributed by atoms with Gasteiger partial charge in [-0.1, -0.05) is 57.2 Å². The molecule has 0 saturated carbocycles. The van der Waals surface area contributed by atoms with E-state index in [-0.39, 0.29) is 0 Å². The highest BCUT2D eigenvalue weighted by molar-refractivity contribution is 5.91. The third-order valence-corrected chi connectivity index (χ3v) is 4.94. The lowest BCUT2D eigenvalue weighted by Crippen LogP contribution is -2.07. The summed E-state index contributed by atoms with van der Waals surface area (Å²) in [6.45, 7) is 2.97. The lowest BCUT2D eigenvalue weighted by Gasteiger charge is -2.06. The summed E-state index contributed by atoms with van der Waals surface area (Å²) in [5, 5.41) is 8.48. The monoisotopic (exact) mass is 430 g/mol. The molecule has 0 aliphatic heterocycles. The van der Waals surface area contributed by atoms with E-state index in [1.54, 1.807) is 36.4 Å². The molecule has 0 saturated heterocycles. The fourth-order valence-electron chi connectivity index (χ4n) is 3.12. The predicted molar refractivity (Wildman–Crippen MR) is 127 cm³/mol. The van der Waals surface area contributed by atoms with E-state index < -0.39 is 5.97 Å². The highest BCUT2D eigenvalue weighted by Crippen LogP contribution is 2.22. The van der Waals surface area contributed by atoms with Crippen LogP contribution in [0.3, 0.4) is 0 Å². The molecule has 32 heavy (non-hydrogen) atoms. The molecule has 0 bridgehead atoms. The van der Waals surface area contributed by atoms with Gasteiger partial charge in [-0.3, -0.25) is 0 Å². The number of carbonyl (C=O) groups excluding carboxylic acids is 1. The summed E-state index contributed by atoms with van der Waals surface area (Å²) in [6.07, 6.45) is 7.49. The highest BCUT2D eigenvalue weighted by atomic mass is 16.5. The number of rotatable bonds is 12. The van der Waals surface area contributed by atoms with E-state index in [0.717, 1.165) is 24.5 Å². The molecule has 0 fully saturated rings. The molecule has 0 atom stereocenters. The summed E-state index contributed by atoms with van der Waals surface area (Å²) < 4.78 is 11.1. The second-order valence-electron chi connectivity index (χ2n) is 7.56. The summed E-state index contributed by atoms with van der Waals surface area (Å²) >= 11 is 0. The van der Waals surface area contributed by atoms with Crippen LogP contribution in [-0.2, 0) is 0 Å². The molecule has 3 rings (SSSR count). The fraction of sp³-hybridized carbons (Fsp3) is 0.296. The van der Waals surface area contributed by atoms with Crippen molar-refractivity contribution in [3.8, 4) is 11.5 Å². The molecule has 0 aliphatic carbocycles. The Hall–Kier alpha value is -3.47. The van der Waals surface area contributed by atoms with Crippen molar-refractivity contribution in [3.63, 3.8) is 0 Å². The predicted octanol–water partition coefficient (Wildman–Crippen LogP) is 8.06. The Morgan fingerprint density at radius 1 is 0.688 bits per heavy atom. The van der Waals surface area contributed by atoms with Crippen molar-refractivity contribution in [3.05, 3.63) is 84.4 Å². The van der Waals surface area contributed by atoms with Crippen molar-refractivity contribution in [1.29, 1.82) is 0 Å². The number of nitrogens with zero attached hydrogens (tertiary/aromatic N) is 2. The molecule has 0 heterocycles. The van der Waals surface area contributed by atoms with Crippen LogP contribution in [0.25, 0.3) is 0 Å². The normalized spacial score (nSPS) is 10.9. The van der Waals surface area contributed by atoms with Crippen molar-refractivity contribution >= 4 is 17.3 Å². The second kappa shape index (κ2) is 13.1. The summed E-state index contributed by atoms with van der Waals surface area (Å²) in [6, 6.07) is 23.4. The lowest BCUT2D eigenvalue weighted by molar-refractivity contribution is 0.0735. The molecule has 0 aromatic heterocycles. The van der Waals surface area contributed by atoms with Gasteiger partial charge in [-0.05, 0) is 67.1 Å².